The van der Waals surface area contributed by atoms with Crippen molar-refractivity contribution in [3.63, 3.8) is 0 Å². The molecule has 0 radical (unpaired) electrons. The minimum atomic E-state index is -0.705. The summed E-state index contributed by atoms with van der Waals surface area (Å²) in [4.78, 5) is 0. The highest BCUT2D eigenvalue weighted by molar-refractivity contribution is 5.33. The minimum Gasteiger partial charge on any atom is -0.490 e. The predicted octanol–water partition coefficient (Wildman–Crippen LogP) is 2.43. The molecule has 2 unspecified atom stereocenters. The molecule has 1 aromatic carbocycles. The molecule has 1 aromatic rings. The van der Waals surface area contributed by atoms with Crippen LogP contribution in [0.1, 0.15) is 38.2 Å². The van der Waals surface area contributed by atoms with Crippen LogP contribution in [0.3, 0.4) is 0 Å². The zero-order chi connectivity index (χ0) is 13.3. The number of benzene rings is 1. The first-order valence-electron chi connectivity index (χ1n) is 7.42. The number of hydrogen-bond acceptors (Lipinski definition) is 3. The summed E-state index contributed by atoms with van der Waals surface area (Å²) in [5, 5.41) is 14.5. The van der Waals surface area contributed by atoms with Crippen molar-refractivity contribution in [2.24, 2.45) is 5.92 Å². The van der Waals surface area contributed by atoms with Crippen LogP contribution in [0, 0.1) is 5.92 Å². The molecule has 104 valence electrons. The Balaban J connectivity index is 1.85. The number of piperidine rings is 1. The van der Waals surface area contributed by atoms with Crippen LogP contribution in [0.2, 0.25) is 0 Å². The van der Waals surface area contributed by atoms with E-state index < -0.39 is 5.60 Å². The van der Waals surface area contributed by atoms with E-state index in [1.54, 1.807) is 0 Å². The highest BCUT2D eigenvalue weighted by atomic mass is 16.5. The Kier molecular flexibility index (Phi) is 3.50. The second-order valence-electron chi connectivity index (χ2n) is 5.83. The summed E-state index contributed by atoms with van der Waals surface area (Å²) >= 11 is 0. The average molecular weight is 261 g/mol. The number of nitrogens with one attached hydrogen (secondary N) is 1. The van der Waals surface area contributed by atoms with Gasteiger partial charge in [0, 0.05) is 12.5 Å². The van der Waals surface area contributed by atoms with Crippen LogP contribution >= 0.6 is 0 Å². The SMILES string of the molecule is CCC1CNCCC1(O)c1cccc(OC2CC2)c1. The summed E-state index contributed by atoms with van der Waals surface area (Å²) in [7, 11) is 0. The van der Waals surface area contributed by atoms with Crippen molar-refractivity contribution in [1.29, 1.82) is 0 Å². The van der Waals surface area contributed by atoms with Crippen molar-refractivity contribution in [1.82, 2.24) is 5.32 Å². The first-order valence-corrected chi connectivity index (χ1v) is 7.42. The molecule has 19 heavy (non-hydrogen) atoms. The molecule has 0 amide bonds. The summed E-state index contributed by atoms with van der Waals surface area (Å²) in [6.07, 6.45) is 4.49. The molecule has 0 bridgehead atoms. The summed E-state index contributed by atoms with van der Waals surface area (Å²) < 4.78 is 5.84. The second-order valence-corrected chi connectivity index (χ2v) is 5.83. The Hall–Kier alpha value is -1.06. The normalized spacial score (nSPS) is 31.2. The zero-order valence-electron chi connectivity index (χ0n) is 11.6. The van der Waals surface area contributed by atoms with Gasteiger partial charge in [-0.05, 0) is 49.9 Å². The zero-order valence-corrected chi connectivity index (χ0v) is 11.6. The molecule has 2 atom stereocenters. The van der Waals surface area contributed by atoms with Gasteiger partial charge in [0.15, 0.2) is 0 Å². The molecular weight excluding hydrogens is 238 g/mol. The molecule has 1 heterocycles. The van der Waals surface area contributed by atoms with Gasteiger partial charge < -0.3 is 15.2 Å². The fourth-order valence-corrected chi connectivity index (χ4v) is 3.01. The predicted molar refractivity (Wildman–Crippen MR) is 75.3 cm³/mol. The quantitative estimate of drug-likeness (QED) is 0.874. The second kappa shape index (κ2) is 5.14. The van der Waals surface area contributed by atoms with Crippen LogP contribution in [-0.4, -0.2) is 24.3 Å². The van der Waals surface area contributed by atoms with Crippen LogP contribution < -0.4 is 10.1 Å². The Labute approximate surface area is 115 Å². The van der Waals surface area contributed by atoms with E-state index in [4.69, 9.17) is 4.74 Å². The van der Waals surface area contributed by atoms with Crippen LogP contribution in [0.15, 0.2) is 24.3 Å². The van der Waals surface area contributed by atoms with Gasteiger partial charge in [-0.1, -0.05) is 19.1 Å². The minimum absolute atomic E-state index is 0.275. The lowest BCUT2D eigenvalue weighted by Gasteiger charge is -2.40. The Morgan fingerprint density at radius 1 is 1.42 bits per heavy atom. The van der Waals surface area contributed by atoms with Crippen molar-refractivity contribution < 1.29 is 9.84 Å². The summed E-state index contributed by atoms with van der Waals surface area (Å²) in [6, 6.07) is 8.06. The van der Waals surface area contributed by atoms with Crippen LogP contribution in [0.4, 0.5) is 0 Å². The van der Waals surface area contributed by atoms with E-state index in [2.05, 4.69) is 12.2 Å². The first kappa shape index (κ1) is 12.9. The molecule has 2 N–H and O–H groups in total. The molecule has 1 aliphatic heterocycles. The lowest BCUT2D eigenvalue weighted by molar-refractivity contribution is -0.0480. The number of ether oxygens (including phenoxy) is 1. The molecule has 0 aromatic heterocycles. The van der Waals surface area contributed by atoms with Gasteiger partial charge in [0.2, 0.25) is 0 Å². The topological polar surface area (TPSA) is 41.5 Å². The van der Waals surface area contributed by atoms with Crippen molar-refractivity contribution in [3.05, 3.63) is 29.8 Å². The smallest absolute Gasteiger partial charge is 0.120 e. The van der Waals surface area contributed by atoms with Crippen LogP contribution in [-0.2, 0) is 5.60 Å². The largest absolute Gasteiger partial charge is 0.490 e. The average Bonchev–Trinajstić information content (AvgIpc) is 3.23. The van der Waals surface area contributed by atoms with E-state index in [0.29, 0.717) is 6.10 Å². The maximum absolute atomic E-state index is 11.1. The maximum atomic E-state index is 11.1. The van der Waals surface area contributed by atoms with Crippen LogP contribution in [0.25, 0.3) is 0 Å². The molecule has 1 saturated carbocycles. The van der Waals surface area contributed by atoms with Crippen LogP contribution in [0.5, 0.6) is 5.75 Å². The fraction of sp³-hybridized carbons (Fsp3) is 0.625. The molecule has 3 rings (SSSR count). The third-order valence-electron chi connectivity index (χ3n) is 4.40. The molecular formula is C16H23NO2. The lowest BCUT2D eigenvalue weighted by Crippen LogP contribution is -2.47. The van der Waals surface area contributed by atoms with E-state index in [1.807, 2.05) is 24.3 Å². The molecule has 2 aliphatic rings. The number of rotatable bonds is 4. The Bertz CT molecular complexity index is 444. The molecule has 1 aliphatic carbocycles. The van der Waals surface area contributed by atoms with Crippen molar-refractivity contribution in [3.8, 4) is 5.75 Å². The van der Waals surface area contributed by atoms with Crippen molar-refractivity contribution >= 4 is 0 Å². The molecule has 3 nitrogen and oxygen atoms in total. The van der Waals surface area contributed by atoms with Gasteiger partial charge in [-0.3, -0.25) is 0 Å². The third kappa shape index (κ3) is 2.63. The maximum Gasteiger partial charge on any atom is 0.120 e. The Morgan fingerprint density at radius 3 is 3.00 bits per heavy atom. The van der Waals surface area contributed by atoms with Gasteiger partial charge in [0.05, 0.1) is 11.7 Å². The standard InChI is InChI=1S/C16H23NO2/c1-2-12-11-17-9-8-16(12,18)13-4-3-5-15(10-13)19-14-6-7-14/h3-5,10,12,14,17-18H,2,6-9,11H2,1H3. The Morgan fingerprint density at radius 2 is 2.26 bits per heavy atom. The van der Waals surface area contributed by atoms with Crippen molar-refractivity contribution in [2.75, 3.05) is 13.1 Å². The van der Waals surface area contributed by atoms with Crippen molar-refractivity contribution in [2.45, 2.75) is 44.3 Å². The highest BCUT2D eigenvalue weighted by Crippen LogP contribution is 2.38. The molecule has 3 heteroatoms. The number of aliphatic hydroxyl groups is 1. The van der Waals surface area contributed by atoms with Gasteiger partial charge in [0.1, 0.15) is 5.75 Å². The van der Waals surface area contributed by atoms with E-state index >= 15 is 0 Å². The van der Waals surface area contributed by atoms with Gasteiger partial charge in [-0.2, -0.15) is 0 Å². The van der Waals surface area contributed by atoms with E-state index in [-0.39, 0.29) is 5.92 Å². The van der Waals surface area contributed by atoms with Gasteiger partial charge in [-0.15, -0.1) is 0 Å². The summed E-state index contributed by atoms with van der Waals surface area (Å²) in [5.41, 5.74) is 0.308. The van der Waals surface area contributed by atoms with Gasteiger partial charge in [0.25, 0.3) is 0 Å². The summed E-state index contributed by atoms with van der Waals surface area (Å²) in [6.45, 7) is 3.91. The molecule has 2 fully saturated rings. The summed E-state index contributed by atoms with van der Waals surface area (Å²) in [5.74, 6) is 1.18. The first-order chi connectivity index (χ1) is 9.22. The van der Waals surface area contributed by atoms with E-state index in [0.717, 1.165) is 50.1 Å². The molecule has 1 saturated heterocycles. The number of hydrogen-bond donors (Lipinski definition) is 2. The van der Waals surface area contributed by atoms with E-state index in [1.165, 1.54) is 0 Å². The lowest BCUT2D eigenvalue weighted by atomic mass is 9.75. The van der Waals surface area contributed by atoms with Gasteiger partial charge >= 0.3 is 0 Å². The van der Waals surface area contributed by atoms with Gasteiger partial charge in [-0.25, -0.2) is 0 Å². The fourth-order valence-electron chi connectivity index (χ4n) is 3.01. The third-order valence-corrected chi connectivity index (χ3v) is 4.40. The molecule has 0 spiro atoms. The van der Waals surface area contributed by atoms with E-state index in [9.17, 15) is 5.11 Å². The monoisotopic (exact) mass is 261 g/mol. The highest BCUT2D eigenvalue weighted by Gasteiger charge is 2.39.